The van der Waals surface area contributed by atoms with Crippen molar-refractivity contribution < 1.29 is 9.13 Å². The van der Waals surface area contributed by atoms with Gasteiger partial charge in [0.1, 0.15) is 27.8 Å². The second-order valence-electron chi connectivity index (χ2n) is 7.04. The van der Waals surface area contributed by atoms with Gasteiger partial charge >= 0.3 is 0 Å². The van der Waals surface area contributed by atoms with Gasteiger partial charge in [-0.05, 0) is 37.1 Å². The standard InChI is InChI=1S/C19H17Cl2FN4O/c1-19(7-2-8-19)9-27-13-5-3-11(16(22)15(13)21)25-18-17-12(23-10-24-18)4-6-14(20)26-17/h3-6,10H,2,7-9H2,1H3,(H,23,24,25). The first kappa shape index (κ1) is 18.2. The number of benzene rings is 1. The minimum absolute atomic E-state index is 0.0627. The number of anilines is 2. The lowest BCUT2D eigenvalue weighted by molar-refractivity contribution is 0.0775. The Balaban J connectivity index is 1.60. The molecule has 0 aliphatic heterocycles. The average Bonchev–Trinajstić information content (AvgIpc) is 2.63. The Morgan fingerprint density at radius 2 is 2.00 bits per heavy atom. The van der Waals surface area contributed by atoms with Gasteiger partial charge in [0, 0.05) is 5.41 Å². The average molecular weight is 407 g/mol. The minimum Gasteiger partial charge on any atom is -0.491 e. The Morgan fingerprint density at radius 3 is 2.74 bits per heavy atom. The summed E-state index contributed by atoms with van der Waals surface area (Å²) in [5, 5.41) is 3.15. The molecule has 1 saturated carbocycles. The van der Waals surface area contributed by atoms with Crippen molar-refractivity contribution in [3.05, 3.63) is 46.6 Å². The largest absolute Gasteiger partial charge is 0.491 e. The van der Waals surface area contributed by atoms with Gasteiger partial charge in [0.05, 0.1) is 17.8 Å². The molecule has 3 aromatic rings. The molecule has 1 N–H and O–H groups in total. The monoisotopic (exact) mass is 406 g/mol. The molecule has 0 atom stereocenters. The van der Waals surface area contributed by atoms with E-state index < -0.39 is 5.82 Å². The van der Waals surface area contributed by atoms with E-state index in [9.17, 15) is 4.39 Å². The minimum atomic E-state index is -0.610. The van der Waals surface area contributed by atoms with Crippen LogP contribution in [0, 0.1) is 11.2 Å². The predicted octanol–water partition coefficient (Wildman–Crippen LogP) is 5.78. The molecular formula is C19H17Cl2FN4O. The van der Waals surface area contributed by atoms with E-state index in [-0.39, 0.29) is 16.1 Å². The van der Waals surface area contributed by atoms with Crippen LogP contribution in [0.1, 0.15) is 26.2 Å². The van der Waals surface area contributed by atoms with Crippen LogP contribution in [-0.4, -0.2) is 21.6 Å². The van der Waals surface area contributed by atoms with Gasteiger partial charge in [-0.3, -0.25) is 0 Å². The zero-order valence-electron chi connectivity index (χ0n) is 14.6. The number of rotatable bonds is 5. The lowest BCUT2D eigenvalue weighted by Crippen LogP contribution is -2.32. The van der Waals surface area contributed by atoms with Gasteiger partial charge in [-0.2, -0.15) is 0 Å². The van der Waals surface area contributed by atoms with E-state index in [0.29, 0.717) is 34.4 Å². The lowest BCUT2D eigenvalue weighted by atomic mass is 9.71. The maximum Gasteiger partial charge on any atom is 0.169 e. The topological polar surface area (TPSA) is 59.9 Å². The molecule has 0 bridgehead atoms. The van der Waals surface area contributed by atoms with Gasteiger partial charge in [0.15, 0.2) is 11.6 Å². The highest BCUT2D eigenvalue weighted by Gasteiger charge is 2.32. The van der Waals surface area contributed by atoms with Crippen LogP contribution >= 0.6 is 23.2 Å². The van der Waals surface area contributed by atoms with E-state index in [4.69, 9.17) is 27.9 Å². The number of aromatic nitrogens is 3. The second kappa shape index (κ2) is 7.09. The van der Waals surface area contributed by atoms with Crippen LogP contribution < -0.4 is 10.1 Å². The highest BCUT2D eigenvalue weighted by Crippen LogP contribution is 2.42. The molecule has 0 unspecified atom stereocenters. The SMILES string of the molecule is CC1(COc2ccc(Nc3ncnc4ccc(Cl)nc34)c(F)c2Cl)CCC1. The summed E-state index contributed by atoms with van der Waals surface area (Å²) in [5.41, 5.74) is 1.36. The molecule has 8 heteroatoms. The molecule has 2 heterocycles. The van der Waals surface area contributed by atoms with Gasteiger partial charge in [-0.15, -0.1) is 0 Å². The van der Waals surface area contributed by atoms with Gasteiger partial charge < -0.3 is 10.1 Å². The summed E-state index contributed by atoms with van der Waals surface area (Å²) in [6, 6.07) is 6.57. The smallest absolute Gasteiger partial charge is 0.169 e. The molecule has 140 valence electrons. The Kier molecular flexibility index (Phi) is 4.78. The van der Waals surface area contributed by atoms with E-state index in [2.05, 4.69) is 27.2 Å². The van der Waals surface area contributed by atoms with Crippen LogP contribution in [0.5, 0.6) is 5.75 Å². The Labute approximate surface area is 165 Å². The zero-order chi connectivity index (χ0) is 19.0. The molecule has 1 aliphatic rings. The fourth-order valence-electron chi connectivity index (χ4n) is 3.05. The maximum absolute atomic E-state index is 14.8. The van der Waals surface area contributed by atoms with Crippen LogP contribution in [0.4, 0.5) is 15.9 Å². The molecular weight excluding hydrogens is 390 g/mol. The van der Waals surface area contributed by atoms with Crippen molar-refractivity contribution in [1.29, 1.82) is 0 Å². The number of nitrogens with one attached hydrogen (secondary N) is 1. The van der Waals surface area contributed by atoms with E-state index in [1.165, 1.54) is 12.7 Å². The molecule has 1 aliphatic carbocycles. The first-order chi connectivity index (χ1) is 13.0. The predicted molar refractivity (Wildman–Crippen MR) is 104 cm³/mol. The van der Waals surface area contributed by atoms with Gasteiger partial charge in [-0.1, -0.05) is 36.5 Å². The maximum atomic E-state index is 14.8. The summed E-state index contributed by atoms with van der Waals surface area (Å²) < 4.78 is 20.5. The number of halogens is 3. The summed E-state index contributed by atoms with van der Waals surface area (Å²) in [6.45, 7) is 2.69. The second-order valence-corrected chi connectivity index (χ2v) is 7.81. The van der Waals surface area contributed by atoms with Crippen molar-refractivity contribution in [3.8, 4) is 5.75 Å². The third-order valence-electron chi connectivity index (χ3n) is 4.88. The van der Waals surface area contributed by atoms with Crippen molar-refractivity contribution in [2.75, 3.05) is 11.9 Å². The molecule has 0 spiro atoms. The molecule has 2 aromatic heterocycles. The van der Waals surface area contributed by atoms with Crippen LogP contribution in [0.2, 0.25) is 10.2 Å². The van der Waals surface area contributed by atoms with Crippen molar-refractivity contribution >= 4 is 45.7 Å². The molecule has 4 rings (SSSR count). The van der Waals surface area contributed by atoms with E-state index in [0.717, 1.165) is 12.8 Å². The van der Waals surface area contributed by atoms with Gasteiger partial charge in [-0.25, -0.2) is 19.3 Å². The van der Waals surface area contributed by atoms with E-state index in [1.54, 1.807) is 24.3 Å². The fraction of sp³-hybridized carbons (Fsp3) is 0.316. The van der Waals surface area contributed by atoms with Crippen LogP contribution in [-0.2, 0) is 0 Å². The zero-order valence-corrected chi connectivity index (χ0v) is 16.1. The number of hydrogen-bond acceptors (Lipinski definition) is 5. The summed E-state index contributed by atoms with van der Waals surface area (Å²) >= 11 is 12.1. The van der Waals surface area contributed by atoms with Crippen molar-refractivity contribution in [2.45, 2.75) is 26.2 Å². The van der Waals surface area contributed by atoms with Crippen LogP contribution in [0.15, 0.2) is 30.6 Å². The molecule has 1 aromatic carbocycles. The van der Waals surface area contributed by atoms with Gasteiger partial charge in [0.25, 0.3) is 0 Å². The molecule has 5 nitrogen and oxygen atoms in total. The third-order valence-corrected chi connectivity index (χ3v) is 5.45. The third kappa shape index (κ3) is 3.64. The summed E-state index contributed by atoms with van der Waals surface area (Å²) in [6.07, 6.45) is 4.80. The highest BCUT2D eigenvalue weighted by atomic mass is 35.5. The number of hydrogen-bond donors (Lipinski definition) is 1. The Bertz CT molecular complexity index is 1010. The van der Waals surface area contributed by atoms with E-state index in [1.807, 2.05) is 0 Å². The summed E-state index contributed by atoms with van der Waals surface area (Å²) in [7, 11) is 0. The molecule has 0 amide bonds. The lowest BCUT2D eigenvalue weighted by Gasteiger charge is -2.37. The normalized spacial score (nSPS) is 15.4. The van der Waals surface area contributed by atoms with Crippen molar-refractivity contribution in [2.24, 2.45) is 5.41 Å². The quantitative estimate of drug-likeness (QED) is 0.543. The van der Waals surface area contributed by atoms with Crippen LogP contribution in [0.3, 0.4) is 0 Å². The molecule has 1 fully saturated rings. The summed E-state index contributed by atoms with van der Waals surface area (Å²) in [4.78, 5) is 12.5. The Morgan fingerprint density at radius 1 is 1.19 bits per heavy atom. The van der Waals surface area contributed by atoms with Crippen LogP contribution in [0.25, 0.3) is 11.0 Å². The number of ether oxygens (including phenoxy) is 1. The first-order valence-corrected chi connectivity index (χ1v) is 9.36. The highest BCUT2D eigenvalue weighted by molar-refractivity contribution is 6.32. The summed E-state index contributed by atoms with van der Waals surface area (Å²) in [5.74, 6) is 0.0661. The number of fused-ring (bicyclic) bond motifs is 1. The first-order valence-electron chi connectivity index (χ1n) is 8.60. The van der Waals surface area contributed by atoms with Crippen molar-refractivity contribution in [1.82, 2.24) is 15.0 Å². The van der Waals surface area contributed by atoms with E-state index >= 15 is 0 Å². The van der Waals surface area contributed by atoms with Gasteiger partial charge in [0.2, 0.25) is 0 Å². The van der Waals surface area contributed by atoms with Crippen molar-refractivity contribution in [3.63, 3.8) is 0 Å². The number of nitrogens with zero attached hydrogens (tertiary/aromatic N) is 3. The Hall–Kier alpha value is -2.18. The molecule has 27 heavy (non-hydrogen) atoms. The fourth-order valence-corrected chi connectivity index (χ4v) is 3.42. The number of pyridine rings is 1. The molecule has 0 saturated heterocycles. The molecule has 0 radical (unpaired) electrons.